The second kappa shape index (κ2) is 5.70. The lowest BCUT2D eigenvalue weighted by atomic mass is 9.75. The van der Waals surface area contributed by atoms with Gasteiger partial charge in [-0.1, -0.05) is 17.7 Å². The van der Waals surface area contributed by atoms with Crippen LogP contribution < -0.4 is 5.73 Å². The van der Waals surface area contributed by atoms with Crippen molar-refractivity contribution >= 4 is 17.3 Å². The Morgan fingerprint density at radius 1 is 1.26 bits per heavy atom. The molecular formula is C15H24ClN3. The van der Waals surface area contributed by atoms with E-state index in [9.17, 15) is 0 Å². The molecule has 0 radical (unpaired) electrons. The monoisotopic (exact) mass is 281 g/mol. The van der Waals surface area contributed by atoms with Crippen LogP contribution in [0.4, 0.5) is 5.69 Å². The predicted molar refractivity (Wildman–Crippen MR) is 82.5 cm³/mol. The number of anilines is 1. The van der Waals surface area contributed by atoms with Crippen LogP contribution >= 0.6 is 11.6 Å². The lowest BCUT2D eigenvalue weighted by molar-refractivity contribution is 0.0259. The van der Waals surface area contributed by atoms with Crippen molar-refractivity contribution in [3.05, 3.63) is 28.8 Å². The third-order valence-corrected chi connectivity index (χ3v) is 4.73. The van der Waals surface area contributed by atoms with E-state index in [1.54, 1.807) is 0 Å². The largest absolute Gasteiger partial charge is 0.398 e. The Kier molecular flexibility index (Phi) is 4.39. The molecule has 0 bridgehead atoms. The number of rotatable bonds is 5. The average molecular weight is 282 g/mol. The Balaban J connectivity index is 2.03. The predicted octanol–water partition coefficient (Wildman–Crippen LogP) is 2.84. The van der Waals surface area contributed by atoms with Crippen LogP contribution in [0, 0.1) is 0 Å². The molecule has 1 aliphatic carbocycles. The number of nitrogens with two attached hydrogens (primary N) is 1. The summed E-state index contributed by atoms with van der Waals surface area (Å²) in [5.74, 6) is 0. The van der Waals surface area contributed by atoms with Gasteiger partial charge in [0.25, 0.3) is 0 Å². The zero-order valence-electron chi connectivity index (χ0n) is 12.1. The lowest BCUT2D eigenvalue weighted by Crippen LogP contribution is -2.56. The summed E-state index contributed by atoms with van der Waals surface area (Å²) in [6.07, 6.45) is 3.89. The van der Waals surface area contributed by atoms with Gasteiger partial charge in [0.15, 0.2) is 0 Å². The Bertz CT molecular complexity index is 421. The summed E-state index contributed by atoms with van der Waals surface area (Å²) < 4.78 is 0. The smallest absolute Gasteiger partial charge is 0.0471 e. The lowest BCUT2D eigenvalue weighted by Gasteiger charge is -2.49. The van der Waals surface area contributed by atoms with E-state index in [0.29, 0.717) is 5.54 Å². The van der Waals surface area contributed by atoms with Gasteiger partial charge < -0.3 is 15.5 Å². The van der Waals surface area contributed by atoms with Gasteiger partial charge in [0.1, 0.15) is 0 Å². The molecule has 0 atom stereocenters. The van der Waals surface area contributed by atoms with Crippen molar-refractivity contribution in [1.82, 2.24) is 9.80 Å². The highest BCUT2D eigenvalue weighted by Gasteiger charge is 2.39. The fourth-order valence-electron chi connectivity index (χ4n) is 2.90. The van der Waals surface area contributed by atoms with Gasteiger partial charge >= 0.3 is 0 Å². The van der Waals surface area contributed by atoms with Crippen molar-refractivity contribution in [3.8, 4) is 0 Å². The first kappa shape index (κ1) is 14.6. The number of nitrogen functional groups attached to an aromatic ring is 1. The van der Waals surface area contributed by atoms with Crippen molar-refractivity contribution in [2.75, 3.05) is 33.4 Å². The first-order valence-electron chi connectivity index (χ1n) is 6.83. The normalized spacial score (nSPS) is 17.8. The molecule has 1 aliphatic rings. The van der Waals surface area contributed by atoms with Crippen LogP contribution in [0.3, 0.4) is 0 Å². The Morgan fingerprint density at radius 3 is 2.42 bits per heavy atom. The molecule has 1 aromatic rings. The summed E-state index contributed by atoms with van der Waals surface area (Å²) in [6.45, 7) is 1.87. The number of benzene rings is 1. The van der Waals surface area contributed by atoms with E-state index in [2.05, 4.69) is 30.9 Å². The van der Waals surface area contributed by atoms with Gasteiger partial charge in [-0.15, -0.1) is 0 Å². The molecule has 0 heterocycles. The van der Waals surface area contributed by atoms with Crippen molar-refractivity contribution in [1.29, 1.82) is 0 Å². The van der Waals surface area contributed by atoms with Crippen molar-refractivity contribution in [3.63, 3.8) is 0 Å². The molecule has 2 rings (SSSR count). The van der Waals surface area contributed by atoms with Gasteiger partial charge in [0.2, 0.25) is 0 Å². The molecular weight excluding hydrogens is 258 g/mol. The summed E-state index contributed by atoms with van der Waals surface area (Å²) in [4.78, 5) is 4.69. The van der Waals surface area contributed by atoms with Crippen molar-refractivity contribution < 1.29 is 0 Å². The molecule has 1 aromatic carbocycles. The minimum atomic E-state index is 0.338. The van der Waals surface area contributed by atoms with Gasteiger partial charge in [-0.2, -0.15) is 0 Å². The van der Waals surface area contributed by atoms with Crippen molar-refractivity contribution in [2.45, 2.75) is 31.3 Å². The molecule has 0 aliphatic heterocycles. The second-order valence-electron chi connectivity index (χ2n) is 5.95. The average Bonchev–Trinajstić information content (AvgIpc) is 2.28. The molecule has 3 nitrogen and oxygen atoms in total. The third kappa shape index (κ3) is 3.04. The van der Waals surface area contributed by atoms with Crippen LogP contribution in [-0.4, -0.2) is 43.0 Å². The molecule has 19 heavy (non-hydrogen) atoms. The highest BCUT2D eigenvalue weighted by molar-refractivity contribution is 6.31. The van der Waals surface area contributed by atoms with Gasteiger partial charge in [-0.25, -0.2) is 0 Å². The van der Waals surface area contributed by atoms with Gasteiger partial charge in [-0.05, 0) is 52.5 Å². The Labute approximate surface area is 121 Å². The highest BCUT2D eigenvalue weighted by atomic mass is 35.5. The summed E-state index contributed by atoms with van der Waals surface area (Å²) in [7, 11) is 6.50. The van der Waals surface area contributed by atoms with Crippen LogP contribution in [0.25, 0.3) is 0 Å². The number of nitrogens with zero attached hydrogens (tertiary/aromatic N) is 2. The maximum atomic E-state index is 6.24. The van der Waals surface area contributed by atoms with Gasteiger partial charge in [0, 0.05) is 34.9 Å². The minimum Gasteiger partial charge on any atom is -0.398 e. The van der Waals surface area contributed by atoms with Crippen LogP contribution in [0.1, 0.15) is 24.8 Å². The van der Waals surface area contributed by atoms with Crippen LogP contribution in [0.2, 0.25) is 5.02 Å². The SMILES string of the molecule is CN(Cc1c(N)cccc1Cl)CC1(N(C)C)CCC1. The van der Waals surface area contributed by atoms with E-state index in [0.717, 1.165) is 29.4 Å². The molecule has 106 valence electrons. The summed E-state index contributed by atoms with van der Waals surface area (Å²) in [5, 5.41) is 0.763. The van der Waals surface area contributed by atoms with Gasteiger partial charge in [-0.3, -0.25) is 0 Å². The van der Waals surface area contributed by atoms with E-state index in [4.69, 9.17) is 17.3 Å². The molecule has 0 amide bonds. The maximum absolute atomic E-state index is 6.24. The molecule has 1 saturated carbocycles. The Hall–Kier alpha value is -0.770. The summed E-state index contributed by atoms with van der Waals surface area (Å²) in [5.41, 5.74) is 8.18. The van der Waals surface area contributed by atoms with Crippen molar-refractivity contribution in [2.24, 2.45) is 0 Å². The summed E-state index contributed by atoms with van der Waals surface area (Å²) in [6, 6.07) is 5.72. The molecule has 0 aromatic heterocycles. The standard InChI is InChI=1S/C15H24ClN3/c1-18(2)15(8-5-9-15)11-19(3)10-12-13(16)6-4-7-14(12)17/h4,6-7H,5,8-11,17H2,1-3H3. The third-order valence-electron chi connectivity index (χ3n) is 4.38. The quantitative estimate of drug-likeness (QED) is 0.843. The minimum absolute atomic E-state index is 0.338. The molecule has 4 heteroatoms. The van der Waals surface area contributed by atoms with E-state index in [1.165, 1.54) is 19.3 Å². The van der Waals surface area contributed by atoms with Gasteiger partial charge in [0.05, 0.1) is 0 Å². The van der Waals surface area contributed by atoms with E-state index < -0.39 is 0 Å². The number of hydrogen-bond acceptors (Lipinski definition) is 3. The molecule has 2 N–H and O–H groups in total. The fourth-order valence-corrected chi connectivity index (χ4v) is 3.14. The first-order valence-corrected chi connectivity index (χ1v) is 7.21. The molecule has 0 saturated heterocycles. The van der Waals surface area contributed by atoms with Crippen LogP contribution in [0.15, 0.2) is 18.2 Å². The van der Waals surface area contributed by atoms with Crippen LogP contribution in [-0.2, 0) is 6.54 Å². The molecule has 0 unspecified atom stereocenters. The highest BCUT2D eigenvalue weighted by Crippen LogP contribution is 2.37. The number of likely N-dealkylation sites (N-methyl/N-ethyl adjacent to an activating group) is 2. The summed E-state index contributed by atoms with van der Waals surface area (Å²) >= 11 is 6.24. The number of halogens is 1. The zero-order chi connectivity index (χ0) is 14.0. The Morgan fingerprint density at radius 2 is 1.95 bits per heavy atom. The second-order valence-corrected chi connectivity index (χ2v) is 6.36. The van der Waals surface area contributed by atoms with Crippen LogP contribution in [0.5, 0.6) is 0 Å². The molecule has 0 spiro atoms. The van der Waals surface area contributed by atoms with E-state index in [-0.39, 0.29) is 0 Å². The van der Waals surface area contributed by atoms with E-state index >= 15 is 0 Å². The zero-order valence-corrected chi connectivity index (χ0v) is 12.9. The number of hydrogen-bond donors (Lipinski definition) is 1. The maximum Gasteiger partial charge on any atom is 0.0471 e. The van der Waals surface area contributed by atoms with E-state index in [1.807, 2.05) is 18.2 Å². The first-order chi connectivity index (χ1) is 8.94. The fraction of sp³-hybridized carbons (Fsp3) is 0.600. The topological polar surface area (TPSA) is 32.5 Å². The molecule has 1 fully saturated rings.